The number of carbonyl (C=O) groups is 1. The van der Waals surface area contributed by atoms with Crippen LogP contribution in [0.15, 0.2) is 59.0 Å². The van der Waals surface area contributed by atoms with Crippen molar-refractivity contribution in [2.45, 2.75) is 20.5 Å². The zero-order valence-electron chi connectivity index (χ0n) is 14.8. The molecule has 3 rings (SSSR count). The number of aryl methyl sites for hydroxylation is 2. The molecule has 0 aliphatic heterocycles. The molecule has 1 aromatic heterocycles. The Balaban J connectivity index is 1.64. The number of carbonyl (C=O) groups excluding carboxylic acids is 1. The van der Waals surface area contributed by atoms with E-state index in [4.69, 9.17) is 14.3 Å². The molecule has 5 heteroatoms. The number of rotatable bonds is 6. The van der Waals surface area contributed by atoms with Crippen LogP contribution in [-0.4, -0.2) is 17.6 Å². The molecular formula is C21H21NO4. The molecule has 2 aromatic carbocycles. The highest BCUT2D eigenvalue weighted by molar-refractivity contribution is 5.92. The lowest BCUT2D eigenvalue weighted by molar-refractivity contribution is -0.118. The van der Waals surface area contributed by atoms with E-state index in [9.17, 15) is 4.79 Å². The van der Waals surface area contributed by atoms with E-state index in [0.29, 0.717) is 23.0 Å². The first kappa shape index (κ1) is 17.8. The van der Waals surface area contributed by atoms with Crippen molar-refractivity contribution < 1.29 is 19.1 Å². The summed E-state index contributed by atoms with van der Waals surface area (Å²) in [5, 5.41) is 11.9. The average molecular weight is 351 g/mol. The molecule has 0 unspecified atom stereocenters. The van der Waals surface area contributed by atoms with Gasteiger partial charge in [-0.1, -0.05) is 18.2 Å². The van der Waals surface area contributed by atoms with Gasteiger partial charge in [0.25, 0.3) is 5.91 Å². The van der Waals surface area contributed by atoms with Gasteiger partial charge in [-0.15, -0.1) is 0 Å². The molecule has 0 aliphatic carbocycles. The molecule has 0 spiro atoms. The third-order valence-electron chi connectivity index (χ3n) is 4.05. The van der Waals surface area contributed by atoms with Gasteiger partial charge in [0.2, 0.25) is 0 Å². The van der Waals surface area contributed by atoms with E-state index >= 15 is 0 Å². The van der Waals surface area contributed by atoms with Crippen molar-refractivity contribution in [2.75, 3.05) is 11.9 Å². The third-order valence-corrected chi connectivity index (χ3v) is 4.05. The second-order valence-electron chi connectivity index (χ2n) is 6.06. The van der Waals surface area contributed by atoms with Crippen molar-refractivity contribution >= 4 is 11.6 Å². The number of anilines is 1. The maximum atomic E-state index is 12.1. The van der Waals surface area contributed by atoms with Gasteiger partial charge in [0.05, 0.1) is 0 Å². The van der Waals surface area contributed by atoms with Crippen LogP contribution in [0.1, 0.15) is 16.9 Å². The summed E-state index contributed by atoms with van der Waals surface area (Å²) < 4.78 is 11.1. The van der Waals surface area contributed by atoms with E-state index in [1.165, 1.54) is 0 Å². The number of nitrogens with one attached hydrogen (secondary N) is 1. The SMILES string of the molecule is Cc1ccccc1OCC(=O)Nc1ccc(-c2ccc(CO)o2)c(C)c1. The Morgan fingerprint density at radius 2 is 1.88 bits per heavy atom. The Hall–Kier alpha value is -3.05. The predicted molar refractivity (Wildman–Crippen MR) is 100 cm³/mol. The van der Waals surface area contributed by atoms with Gasteiger partial charge in [0, 0.05) is 11.3 Å². The van der Waals surface area contributed by atoms with Crippen molar-refractivity contribution in [1.29, 1.82) is 0 Å². The van der Waals surface area contributed by atoms with Gasteiger partial charge in [-0.05, 0) is 61.4 Å². The minimum atomic E-state index is -0.221. The van der Waals surface area contributed by atoms with Gasteiger partial charge in [0.1, 0.15) is 23.9 Å². The lowest BCUT2D eigenvalue weighted by atomic mass is 10.1. The van der Waals surface area contributed by atoms with Crippen LogP contribution in [0, 0.1) is 13.8 Å². The molecule has 26 heavy (non-hydrogen) atoms. The van der Waals surface area contributed by atoms with Crippen LogP contribution >= 0.6 is 0 Å². The van der Waals surface area contributed by atoms with Crippen LogP contribution in [0.5, 0.6) is 5.75 Å². The molecule has 134 valence electrons. The smallest absolute Gasteiger partial charge is 0.262 e. The number of ether oxygens (including phenoxy) is 1. The summed E-state index contributed by atoms with van der Waals surface area (Å²) in [6, 6.07) is 16.7. The first-order valence-corrected chi connectivity index (χ1v) is 8.35. The summed E-state index contributed by atoms with van der Waals surface area (Å²) >= 11 is 0. The van der Waals surface area contributed by atoms with E-state index in [1.807, 2.05) is 62.4 Å². The molecule has 0 aliphatic rings. The molecule has 1 heterocycles. The van der Waals surface area contributed by atoms with Gasteiger partial charge < -0.3 is 19.6 Å². The van der Waals surface area contributed by atoms with Crippen LogP contribution in [0.25, 0.3) is 11.3 Å². The minimum absolute atomic E-state index is 0.0519. The maximum absolute atomic E-state index is 12.1. The molecule has 5 nitrogen and oxygen atoms in total. The van der Waals surface area contributed by atoms with Crippen LogP contribution < -0.4 is 10.1 Å². The van der Waals surface area contributed by atoms with E-state index < -0.39 is 0 Å². The summed E-state index contributed by atoms with van der Waals surface area (Å²) in [6.45, 7) is 3.69. The van der Waals surface area contributed by atoms with Crippen LogP contribution in [0.2, 0.25) is 0 Å². The Morgan fingerprint density at radius 3 is 2.58 bits per heavy atom. The van der Waals surface area contributed by atoms with E-state index in [-0.39, 0.29) is 19.1 Å². The van der Waals surface area contributed by atoms with E-state index in [1.54, 1.807) is 6.07 Å². The minimum Gasteiger partial charge on any atom is -0.483 e. The highest BCUT2D eigenvalue weighted by Gasteiger charge is 2.10. The lowest BCUT2D eigenvalue weighted by Gasteiger charge is -2.11. The van der Waals surface area contributed by atoms with Crippen LogP contribution in [-0.2, 0) is 11.4 Å². The number of hydrogen-bond acceptors (Lipinski definition) is 4. The molecular weight excluding hydrogens is 330 g/mol. The van der Waals surface area contributed by atoms with Gasteiger partial charge in [-0.3, -0.25) is 4.79 Å². The Morgan fingerprint density at radius 1 is 1.08 bits per heavy atom. The fourth-order valence-corrected chi connectivity index (χ4v) is 2.68. The van der Waals surface area contributed by atoms with Gasteiger partial charge >= 0.3 is 0 Å². The molecule has 3 aromatic rings. The monoisotopic (exact) mass is 351 g/mol. The predicted octanol–water partition coefficient (Wildman–Crippen LogP) is 4.07. The van der Waals surface area contributed by atoms with Crippen molar-refractivity contribution in [3.63, 3.8) is 0 Å². The fraction of sp³-hybridized carbons (Fsp3) is 0.190. The normalized spacial score (nSPS) is 10.6. The number of para-hydroxylation sites is 1. The standard InChI is InChI=1S/C21H21NO4/c1-14-5-3-4-6-19(14)25-13-21(24)22-16-7-9-18(15(2)11-16)20-10-8-17(12-23)26-20/h3-11,23H,12-13H2,1-2H3,(H,22,24). The number of aliphatic hydroxyl groups is 1. The molecule has 0 bridgehead atoms. The highest BCUT2D eigenvalue weighted by Crippen LogP contribution is 2.27. The topological polar surface area (TPSA) is 71.7 Å². The second kappa shape index (κ2) is 7.89. The van der Waals surface area contributed by atoms with E-state index in [2.05, 4.69) is 5.32 Å². The van der Waals surface area contributed by atoms with Crippen molar-refractivity contribution in [3.05, 3.63) is 71.5 Å². The number of aliphatic hydroxyl groups excluding tert-OH is 1. The number of benzene rings is 2. The molecule has 0 atom stereocenters. The molecule has 0 radical (unpaired) electrons. The summed E-state index contributed by atoms with van der Waals surface area (Å²) in [4.78, 5) is 12.1. The number of amides is 1. The van der Waals surface area contributed by atoms with Crippen molar-refractivity contribution in [3.8, 4) is 17.1 Å². The number of hydrogen-bond donors (Lipinski definition) is 2. The fourth-order valence-electron chi connectivity index (χ4n) is 2.68. The summed E-state index contributed by atoms with van der Waals surface area (Å²) in [6.07, 6.45) is 0. The lowest BCUT2D eigenvalue weighted by Crippen LogP contribution is -2.20. The third kappa shape index (κ3) is 4.13. The quantitative estimate of drug-likeness (QED) is 0.702. The van der Waals surface area contributed by atoms with Gasteiger partial charge in [-0.25, -0.2) is 0 Å². The van der Waals surface area contributed by atoms with Gasteiger partial charge in [-0.2, -0.15) is 0 Å². The van der Waals surface area contributed by atoms with Crippen LogP contribution in [0.4, 0.5) is 5.69 Å². The van der Waals surface area contributed by atoms with Crippen molar-refractivity contribution in [2.24, 2.45) is 0 Å². The van der Waals surface area contributed by atoms with Crippen molar-refractivity contribution in [1.82, 2.24) is 0 Å². The highest BCUT2D eigenvalue weighted by atomic mass is 16.5. The Bertz CT molecular complexity index is 914. The molecule has 0 saturated heterocycles. The summed E-state index contributed by atoms with van der Waals surface area (Å²) in [5.74, 6) is 1.69. The van der Waals surface area contributed by atoms with Gasteiger partial charge in [0.15, 0.2) is 6.61 Å². The zero-order chi connectivity index (χ0) is 18.5. The molecule has 0 fully saturated rings. The Labute approximate surface area is 152 Å². The summed E-state index contributed by atoms with van der Waals surface area (Å²) in [5.41, 5.74) is 3.56. The largest absolute Gasteiger partial charge is 0.483 e. The van der Waals surface area contributed by atoms with Crippen LogP contribution in [0.3, 0.4) is 0 Å². The average Bonchev–Trinajstić information content (AvgIpc) is 3.10. The molecule has 0 saturated carbocycles. The molecule has 1 amide bonds. The zero-order valence-corrected chi connectivity index (χ0v) is 14.8. The first-order chi connectivity index (χ1) is 12.6. The maximum Gasteiger partial charge on any atom is 0.262 e. The first-order valence-electron chi connectivity index (χ1n) is 8.35. The summed E-state index contributed by atoms with van der Waals surface area (Å²) in [7, 11) is 0. The second-order valence-corrected chi connectivity index (χ2v) is 6.06. The Kier molecular flexibility index (Phi) is 5.39. The molecule has 2 N–H and O–H groups in total. The van der Waals surface area contributed by atoms with E-state index in [0.717, 1.165) is 16.7 Å². The number of furan rings is 1.